The van der Waals surface area contributed by atoms with Gasteiger partial charge in [0.1, 0.15) is 5.82 Å². The van der Waals surface area contributed by atoms with Crippen LogP contribution in [-0.2, 0) is 11.8 Å². The lowest BCUT2D eigenvalue weighted by Crippen LogP contribution is -2.53. The summed E-state index contributed by atoms with van der Waals surface area (Å²) in [5.74, 6) is 1.10. The molecule has 1 atom stereocenters. The molecule has 2 fully saturated rings. The molecule has 0 N–H and O–H groups in total. The topological polar surface area (TPSA) is 61.7 Å². The van der Waals surface area contributed by atoms with Crippen molar-refractivity contribution >= 4 is 11.7 Å². The number of nitrogens with zero attached hydrogens (tertiary/aromatic N) is 5. The van der Waals surface area contributed by atoms with Crippen molar-refractivity contribution in [2.45, 2.75) is 32.4 Å². The standard InChI is InChI=1S/C16H25N5O2/c1-12(2)21-7-6-13(16(21)23)19-8-10-20(11-9-19)14-4-5-15(22)18(3)17-14/h4-5,12-13H,6-11H2,1-3H3. The molecule has 23 heavy (non-hydrogen) atoms. The van der Waals surface area contributed by atoms with Crippen LogP contribution >= 0.6 is 0 Å². The molecule has 2 aliphatic heterocycles. The van der Waals surface area contributed by atoms with Gasteiger partial charge < -0.3 is 9.80 Å². The Bertz CT molecular complexity index is 634. The largest absolute Gasteiger partial charge is 0.353 e. The minimum absolute atomic E-state index is 0.0349. The SMILES string of the molecule is CC(C)N1CCC(N2CCN(c3ccc(=O)n(C)n3)CC2)C1=O. The maximum Gasteiger partial charge on any atom is 0.266 e. The van der Waals surface area contributed by atoms with Crippen molar-refractivity contribution in [3.63, 3.8) is 0 Å². The molecule has 0 bridgehead atoms. The van der Waals surface area contributed by atoms with E-state index in [1.165, 1.54) is 4.68 Å². The number of carbonyl (C=O) groups excluding carboxylic acids is 1. The van der Waals surface area contributed by atoms with Crippen molar-refractivity contribution in [2.75, 3.05) is 37.6 Å². The number of rotatable bonds is 3. The molecule has 3 heterocycles. The molecule has 1 aromatic rings. The van der Waals surface area contributed by atoms with Gasteiger partial charge in [0.25, 0.3) is 5.56 Å². The molecule has 1 aromatic heterocycles. The Kier molecular flexibility index (Phi) is 4.39. The van der Waals surface area contributed by atoms with E-state index in [2.05, 4.69) is 28.7 Å². The number of hydrogen-bond acceptors (Lipinski definition) is 5. The zero-order valence-electron chi connectivity index (χ0n) is 14.1. The fourth-order valence-electron chi connectivity index (χ4n) is 3.46. The van der Waals surface area contributed by atoms with Crippen LogP contribution in [0.25, 0.3) is 0 Å². The number of aromatic nitrogens is 2. The van der Waals surface area contributed by atoms with Crippen molar-refractivity contribution in [1.82, 2.24) is 19.6 Å². The Labute approximate surface area is 136 Å². The molecule has 2 aliphatic rings. The van der Waals surface area contributed by atoms with Crippen LogP contribution in [0.3, 0.4) is 0 Å². The summed E-state index contributed by atoms with van der Waals surface area (Å²) in [6.45, 7) is 8.38. The maximum atomic E-state index is 12.5. The Balaban J connectivity index is 1.61. The average molecular weight is 319 g/mol. The van der Waals surface area contributed by atoms with E-state index in [9.17, 15) is 9.59 Å². The quantitative estimate of drug-likeness (QED) is 0.779. The molecule has 0 aromatic carbocycles. The first-order valence-corrected chi connectivity index (χ1v) is 8.31. The zero-order chi connectivity index (χ0) is 16.6. The van der Waals surface area contributed by atoms with Crippen LogP contribution < -0.4 is 10.5 Å². The van der Waals surface area contributed by atoms with E-state index >= 15 is 0 Å². The molecule has 3 rings (SSSR count). The second kappa shape index (κ2) is 6.31. The highest BCUT2D eigenvalue weighted by Crippen LogP contribution is 2.22. The zero-order valence-corrected chi connectivity index (χ0v) is 14.1. The van der Waals surface area contributed by atoms with Gasteiger partial charge in [-0.05, 0) is 26.3 Å². The van der Waals surface area contributed by atoms with Gasteiger partial charge in [-0.3, -0.25) is 14.5 Å². The molecule has 0 spiro atoms. The van der Waals surface area contributed by atoms with E-state index in [-0.39, 0.29) is 23.6 Å². The van der Waals surface area contributed by atoms with Crippen LogP contribution in [-0.4, -0.2) is 70.3 Å². The van der Waals surface area contributed by atoms with Crippen LogP contribution in [0, 0.1) is 0 Å². The monoisotopic (exact) mass is 319 g/mol. The summed E-state index contributed by atoms with van der Waals surface area (Å²) in [7, 11) is 1.67. The van der Waals surface area contributed by atoms with Gasteiger partial charge in [-0.25, -0.2) is 4.68 Å². The minimum Gasteiger partial charge on any atom is -0.353 e. The summed E-state index contributed by atoms with van der Waals surface area (Å²) in [6.07, 6.45) is 0.926. The molecular formula is C16H25N5O2. The Hall–Kier alpha value is -1.89. The summed E-state index contributed by atoms with van der Waals surface area (Å²) in [5.41, 5.74) is -0.0993. The number of hydrogen-bond donors (Lipinski definition) is 0. The number of piperazine rings is 1. The number of carbonyl (C=O) groups is 1. The molecule has 7 heteroatoms. The molecule has 0 radical (unpaired) electrons. The van der Waals surface area contributed by atoms with Crippen molar-refractivity contribution in [1.29, 1.82) is 0 Å². The molecule has 1 amide bonds. The lowest BCUT2D eigenvalue weighted by Gasteiger charge is -2.37. The van der Waals surface area contributed by atoms with E-state index in [4.69, 9.17) is 0 Å². The minimum atomic E-state index is -0.0993. The number of amides is 1. The van der Waals surface area contributed by atoms with E-state index < -0.39 is 0 Å². The molecule has 1 unspecified atom stereocenters. The van der Waals surface area contributed by atoms with Gasteiger partial charge >= 0.3 is 0 Å². The van der Waals surface area contributed by atoms with Crippen molar-refractivity contribution in [3.05, 3.63) is 22.5 Å². The van der Waals surface area contributed by atoms with Crippen LogP contribution in [0.1, 0.15) is 20.3 Å². The second-order valence-electron chi connectivity index (χ2n) is 6.61. The normalized spacial score (nSPS) is 23.1. The van der Waals surface area contributed by atoms with Gasteiger partial charge in [-0.15, -0.1) is 0 Å². The summed E-state index contributed by atoms with van der Waals surface area (Å²) in [5, 5.41) is 4.31. The summed E-state index contributed by atoms with van der Waals surface area (Å²) in [4.78, 5) is 30.4. The van der Waals surface area contributed by atoms with Gasteiger partial charge in [-0.2, -0.15) is 5.10 Å². The third kappa shape index (κ3) is 3.10. The van der Waals surface area contributed by atoms with Gasteiger partial charge in [-0.1, -0.05) is 0 Å². The van der Waals surface area contributed by atoms with Gasteiger partial charge in [0, 0.05) is 51.9 Å². The maximum absolute atomic E-state index is 12.5. The van der Waals surface area contributed by atoms with E-state index in [1.54, 1.807) is 19.2 Å². The Morgan fingerprint density at radius 1 is 1.09 bits per heavy atom. The lowest BCUT2D eigenvalue weighted by atomic mass is 10.2. The molecule has 0 saturated carbocycles. The first kappa shape index (κ1) is 16.0. The highest BCUT2D eigenvalue weighted by molar-refractivity contribution is 5.84. The highest BCUT2D eigenvalue weighted by atomic mass is 16.2. The van der Waals surface area contributed by atoms with Gasteiger partial charge in [0.15, 0.2) is 0 Å². The molecule has 0 aliphatic carbocycles. The van der Waals surface area contributed by atoms with Crippen LogP contribution in [0.5, 0.6) is 0 Å². The highest BCUT2D eigenvalue weighted by Gasteiger charge is 2.38. The number of likely N-dealkylation sites (tertiary alicyclic amines) is 1. The van der Waals surface area contributed by atoms with Gasteiger partial charge in [0.2, 0.25) is 5.91 Å². The molecule has 7 nitrogen and oxygen atoms in total. The predicted molar refractivity (Wildman–Crippen MR) is 88.5 cm³/mol. The van der Waals surface area contributed by atoms with Crippen molar-refractivity contribution < 1.29 is 4.79 Å². The predicted octanol–water partition coefficient (Wildman–Crippen LogP) is -0.0884. The van der Waals surface area contributed by atoms with E-state index in [1.807, 2.05) is 4.90 Å². The first-order chi connectivity index (χ1) is 11.0. The Morgan fingerprint density at radius 2 is 1.78 bits per heavy atom. The average Bonchev–Trinajstić information content (AvgIpc) is 2.92. The number of anilines is 1. The Morgan fingerprint density at radius 3 is 2.35 bits per heavy atom. The molecular weight excluding hydrogens is 294 g/mol. The van der Waals surface area contributed by atoms with Crippen molar-refractivity contribution in [2.24, 2.45) is 7.05 Å². The summed E-state index contributed by atoms with van der Waals surface area (Å²) < 4.78 is 1.36. The smallest absolute Gasteiger partial charge is 0.266 e. The van der Waals surface area contributed by atoms with Gasteiger partial charge in [0.05, 0.1) is 6.04 Å². The van der Waals surface area contributed by atoms with Crippen molar-refractivity contribution in [3.8, 4) is 0 Å². The third-order valence-corrected chi connectivity index (χ3v) is 4.86. The fourth-order valence-corrected chi connectivity index (χ4v) is 3.46. The van der Waals surface area contributed by atoms with Crippen LogP contribution in [0.4, 0.5) is 5.82 Å². The first-order valence-electron chi connectivity index (χ1n) is 8.31. The molecule has 2 saturated heterocycles. The van der Waals surface area contributed by atoms with E-state index in [0.29, 0.717) is 0 Å². The second-order valence-corrected chi connectivity index (χ2v) is 6.61. The summed E-state index contributed by atoms with van der Waals surface area (Å²) in [6, 6.07) is 3.64. The van der Waals surface area contributed by atoms with Crippen LogP contribution in [0.15, 0.2) is 16.9 Å². The van der Waals surface area contributed by atoms with E-state index in [0.717, 1.165) is 45.0 Å². The third-order valence-electron chi connectivity index (χ3n) is 4.86. The lowest BCUT2D eigenvalue weighted by molar-refractivity contribution is -0.133. The summed E-state index contributed by atoms with van der Waals surface area (Å²) >= 11 is 0. The number of aryl methyl sites for hydroxylation is 1. The molecule has 126 valence electrons. The fraction of sp³-hybridized carbons (Fsp3) is 0.688. The van der Waals surface area contributed by atoms with Crippen LogP contribution in [0.2, 0.25) is 0 Å².